The topological polar surface area (TPSA) is 66.6 Å². The van der Waals surface area contributed by atoms with Crippen molar-refractivity contribution in [1.82, 2.24) is 4.90 Å². The number of hydrogen-bond acceptors (Lipinski definition) is 3. The summed E-state index contributed by atoms with van der Waals surface area (Å²) in [6.07, 6.45) is 1.73. The van der Waals surface area contributed by atoms with Crippen molar-refractivity contribution >= 4 is 27.5 Å². The minimum atomic E-state index is -0.0954. The van der Waals surface area contributed by atoms with E-state index in [4.69, 9.17) is 10.8 Å². The highest BCUT2D eigenvalue weighted by Crippen LogP contribution is 2.23. The first-order valence-electron chi connectivity index (χ1n) is 6.51. The zero-order valence-electron chi connectivity index (χ0n) is 11.4. The van der Waals surface area contributed by atoms with Crippen LogP contribution in [0.25, 0.3) is 0 Å². The number of rotatable bonds is 6. The van der Waals surface area contributed by atoms with E-state index >= 15 is 0 Å². The summed E-state index contributed by atoms with van der Waals surface area (Å²) in [5.74, 6) is -0.0954. The van der Waals surface area contributed by atoms with Gasteiger partial charge in [-0.25, -0.2) is 0 Å². The van der Waals surface area contributed by atoms with E-state index in [1.165, 1.54) is 0 Å². The van der Waals surface area contributed by atoms with Crippen LogP contribution in [0.4, 0.5) is 5.69 Å². The third kappa shape index (κ3) is 3.94. The Balaban J connectivity index is 3.08. The average Bonchev–Trinajstić information content (AvgIpc) is 2.41. The third-order valence-corrected chi connectivity index (χ3v) is 3.90. The largest absolute Gasteiger partial charge is 0.399 e. The first-order valence-corrected chi connectivity index (χ1v) is 7.31. The highest BCUT2D eigenvalue weighted by molar-refractivity contribution is 9.10. The minimum absolute atomic E-state index is 0.0395. The molecule has 0 aliphatic heterocycles. The Morgan fingerprint density at radius 3 is 2.58 bits per heavy atom. The molecule has 5 heteroatoms. The van der Waals surface area contributed by atoms with E-state index in [-0.39, 0.29) is 18.6 Å². The van der Waals surface area contributed by atoms with Gasteiger partial charge in [-0.3, -0.25) is 4.79 Å². The van der Waals surface area contributed by atoms with E-state index in [1.54, 1.807) is 23.1 Å². The first kappa shape index (κ1) is 16.0. The van der Waals surface area contributed by atoms with Crippen LogP contribution in [0.15, 0.2) is 22.7 Å². The third-order valence-electron chi connectivity index (χ3n) is 3.21. The highest BCUT2D eigenvalue weighted by Gasteiger charge is 2.23. The van der Waals surface area contributed by atoms with Gasteiger partial charge >= 0.3 is 0 Å². The Morgan fingerprint density at radius 1 is 1.42 bits per heavy atom. The molecule has 1 aromatic carbocycles. The smallest absolute Gasteiger partial charge is 0.255 e. The van der Waals surface area contributed by atoms with E-state index < -0.39 is 0 Å². The van der Waals surface area contributed by atoms with Crippen LogP contribution >= 0.6 is 15.9 Å². The molecule has 0 radical (unpaired) electrons. The summed E-state index contributed by atoms with van der Waals surface area (Å²) in [6.45, 7) is 4.38. The minimum Gasteiger partial charge on any atom is -0.399 e. The number of hydrogen-bond donors (Lipinski definition) is 2. The number of nitrogens with two attached hydrogens (primary N) is 1. The molecule has 106 valence electrons. The van der Waals surface area contributed by atoms with Gasteiger partial charge in [0.15, 0.2) is 0 Å². The molecular formula is C14H21BrN2O2. The fraction of sp³-hybridized carbons (Fsp3) is 0.500. The van der Waals surface area contributed by atoms with Crippen molar-refractivity contribution in [3.63, 3.8) is 0 Å². The zero-order chi connectivity index (χ0) is 14.4. The molecule has 0 spiro atoms. The van der Waals surface area contributed by atoms with Crippen molar-refractivity contribution in [2.75, 3.05) is 18.9 Å². The molecule has 0 heterocycles. The van der Waals surface area contributed by atoms with Crippen LogP contribution in [-0.2, 0) is 0 Å². The van der Waals surface area contributed by atoms with Gasteiger partial charge in [-0.1, -0.05) is 13.8 Å². The standard InChI is InChI=1S/C14H21BrN2O2/c1-3-11(4-2)17(7-8-18)14(19)12-9-10(16)5-6-13(12)15/h5-6,9,11,18H,3-4,7-8,16H2,1-2H3. The van der Waals surface area contributed by atoms with E-state index in [1.807, 2.05) is 13.8 Å². The number of amides is 1. The van der Waals surface area contributed by atoms with Crippen LogP contribution in [0.1, 0.15) is 37.0 Å². The normalized spacial score (nSPS) is 10.8. The molecule has 0 aliphatic carbocycles. The van der Waals surface area contributed by atoms with Gasteiger partial charge in [0.1, 0.15) is 0 Å². The molecule has 3 N–H and O–H groups in total. The van der Waals surface area contributed by atoms with Gasteiger partial charge in [-0.2, -0.15) is 0 Å². The molecule has 1 aromatic rings. The molecule has 19 heavy (non-hydrogen) atoms. The summed E-state index contributed by atoms with van der Waals surface area (Å²) in [4.78, 5) is 14.3. The molecule has 0 saturated heterocycles. The Bertz CT molecular complexity index is 433. The lowest BCUT2D eigenvalue weighted by molar-refractivity contribution is 0.0621. The number of nitrogens with zero attached hydrogens (tertiary/aromatic N) is 1. The summed E-state index contributed by atoms with van der Waals surface area (Å²) in [5, 5.41) is 9.17. The van der Waals surface area contributed by atoms with Crippen molar-refractivity contribution in [3.8, 4) is 0 Å². The second-order valence-electron chi connectivity index (χ2n) is 4.43. The maximum Gasteiger partial charge on any atom is 0.255 e. The average molecular weight is 329 g/mol. The number of nitrogen functional groups attached to an aromatic ring is 1. The van der Waals surface area contributed by atoms with Gasteiger partial charge in [-0.15, -0.1) is 0 Å². The molecule has 1 amide bonds. The van der Waals surface area contributed by atoms with Crippen LogP contribution in [0.2, 0.25) is 0 Å². The number of aliphatic hydroxyl groups is 1. The Labute approximate surface area is 122 Å². The van der Waals surface area contributed by atoms with Gasteiger partial charge in [0.05, 0.1) is 12.2 Å². The number of anilines is 1. The molecule has 0 aromatic heterocycles. The van der Waals surface area contributed by atoms with E-state index in [0.29, 0.717) is 17.8 Å². The molecule has 0 atom stereocenters. The van der Waals surface area contributed by atoms with Gasteiger partial charge in [0.25, 0.3) is 5.91 Å². The van der Waals surface area contributed by atoms with Crippen LogP contribution in [0.3, 0.4) is 0 Å². The Morgan fingerprint density at radius 2 is 2.05 bits per heavy atom. The predicted octanol–water partition coefficient (Wildman–Crippen LogP) is 2.65. The zero-order valence-corrected chi connectivity index (χ0v) is 13.0. The second kappa shape index (κ2) is 7.50. The summed E-state index contributed by atoms with van der Waals surface area (Å²) in [5.41, 5.74) is 6.84. The van der Waals surface area contributed by atoms with Crippen LogP contribution in [-0.4, -0.2) is 35.1 Å². The lowest BCUT2D eigenvalue weighted by atomic mass is 10.1. The second-order valence-corrected chi connectivity index (χ2v) is 5.29. The molecule has 0 unspecified atom stereocenters. The number of aliphatic hydroxyl groups excluding tert-OH is 1. The Kier molecular flexibility index (Phi) is 6.31. The highest BCUT2D eigenvalue weighted by atomic mass is 79.9. The first-order chi connectivity index (χ1) is 9.04. The van der Waals surface area contributed by atoms with Crippen molar-refractivity contribution in [2.45, 2.75) is 32.7 Å². The number of benzene rings is 1. The summed E-state index contributed by atoms with van der Waals surface area (Å²) in [6, 6.07) is 5.31. The van der Waals surface area contributed by atoms with E-state index in [2.05, 4.69) is 15.9 Å². The van der Waals surface area contributed by atoms with E-state index in [0.717, 1.165) is 17.3 Å². The Hall–Kier alpha value is -1.07. The SMILES string of the molecule is CCC(CC)N(CCO)C(=O)c1cc(N)ccc1Br. The van der Waals surface area contributed by atoms with Gasteiger partial charge < -0.3 is 15.7 Å². The van der Waals surface area contributed by atoms with Crippen molar-refractivity contribution in [3.05, 3.63) is 28.2 Å². The number of carbonyl (C=O) groups excluding carboxylic acids is 1. The predicted molar refractivity (Wildman–Crippen MR) is 81.0 cm³/mol. The molecule has 0 fully saturated rings. The van der Waals surface area contributed by atoms with Crippen LogP contribution < -0.4 is 5.73 Å². The van der Waals surface area contributed by atoms with Gasteiger partial charge in [0.2, 0.25) is 0 Å². The molecular weight excluding hydrogens is 308 g/mol. The summed E-state index contributed by atoms with van der Waals surface area (Å²) < 4.78 is 0.723. The number of carbonyl (C=O) groups is 1. The summed E-state index contributed by atoms with van der Waals surface area (Å²) >= 11 is 3.38. The maximum absolute atomic E-state index is 12.6. The molecule has 1 rings (SSSR count). The fourth-order valence-electron chi connectivity index (χ4n) is 2.15. The molecule has 0 bridgehead atoms. The summed E-state index contributed by atoms with van der Waals surface area (Å²) in [7, 11) is 0. The van der Waals surface area contributed by atoms with Gasteiger partial charge in [0, 0.05) is 22.7 Å². The molecule has 4 nitrogen and oxygen atoms in total. The maximum atomic E-state index is 12.6. The monoisotopic (exact) mass is 328 g/mol. The fourth-order valence-corrected chi connectivity index (χ4v) is 2.56. The van der Waals surface area contributed by atoms with Crippen LogP contribution in [0.5, 0.6) is 0 Å². The molecule has 0 saturated carbocycles. The van der Waals surface area contributed by atoms with E-state index in [9.17, 15) is 4.79 Å². The number of halogens is 1. The van der Waals surface area contributed by atoms with Crippen molar-refractivity contribution < 1.29 is 9.90 Å². The van der Waals surface area contributed by atoms with Crippen molar-refractivity contribution in [1.29, 1.82) is 0 Å². The lowest BCUT2D eigenvalue weighted by Crippen LogP contribution is -2.41. The lowest BCUT2D eigenvalue weighted by Gasteiger charge is -2.30. The van der Waals surface area contributed by atoms with Gasteiger partial charge in [-0.05, 0) is 47.0 Å². The van der Waals surface area contributed by atoms with Crippen molar-refractivity contribution in [2.24, 2.45) is 0 Å². The van der Waals surface area contributed by atoms with Crippen LogP contribution in [0, 0.1) is 0 Å². The quantitative estimate of drug-likeness (QED) is 0.789. The molecule has 0 aliphatic rings.